The largest absolute Gasteiger partial charge is 0.393 e. The molecule has 5 heteroatoms. The van der Waals surface area contributed by atoms with E-state index in [0.717, 1.165) is 35.2 Å². The van der Waals surface area contributed by atoms with Crippen molar-refractivity contribution in [1.82, 2.24) is 0 Å². The number of rotatable bonds is 3. The van der Waals surface area contributed by atoms with Crippen LogP contribution in [0.1, 0.15) is 38.4 Å². The summed E-state index contributed by atoms with van der Waals surface area (Å²) in [5.41, 5.74) is 3.32. The molecular weight excluding hydrogens is 479 g/mol. The maximum atomic E-state index is 13.8. The molecule has 2 aliphatic rings. The van der Waals surface area contributed by atoms with E-state index in [1.807, 2.05) is 18.2 Å². The second kappa shape index (κ2) is 8.77. The predicted molar refractivity (Wildman–Crippen MR) is 136 cm³/mol. The Hall–Kier alpha value is -2.37. The average molecular weight is 509 g/mol. The van der Waals surface area contributed by atoms with E-state index < -0.39 is 6.10 Å². The van der Waals surface area contributed by atoms with Gasteiger partial charge < -0.3 is 14.9 Å². The van der Waals surface area contributed by atoms with Gasteiger partial charge in [0.15, 0.2) is 0 Å². The number of halogens is 2. The summed E-state index contributed by atoms with van der Waals surface area (Å²) in [6, 6.07) is 25.9. The van der Waals surface area contributed by atoms with Crippen molar-refractivity contribution >= 4 is 27.3 Å². The van der Waals surface area contributed by atoms with Crippen molar-refractivity contribution in [2.75, 3.05) is 16.3 Å². The summed E-state index contributed by atoms with van der Waals surface area (Å²) < 4.78 is 14.8. The Balaban J connectivity index is 1.69. The molecule has 0 radical (unpaired) electrons. The molecular formula is C28H30BrFN2O. The fourth-order valence-corrected chi connectivity index (χ4v) is 6.03. The zero-order chi connectivity index (χ0) is 23.2. The van der Waals surface area contributed by atoms with E-state index in [1.54, 1.807) is 0 Å². The van der Waals surface area contributed by atoms with E-state index in [4.69, 9.17) is 0 Å². The molecule has 0 aromatic heterocycles. The van der Waals surface area contributed by atoms with Gasteiger partial charge in [0.2, 0.25) is 0 Å². The highest BCUT2D eigenvalue weighted by molar-refractivity contribution is 9.10. The second-order valence-corrected chi connectivity index (χ2v) is 11.1. The minimum Gasteiger partial charge on any atom is -0.393 e. The minimum atomic E-state index is -0.390. The summed E-state index contributed by atoms with van der Waals surface area (Å²) >= 11 is 3.57. The minimum absolute atomic E-state index is 0.0515. The van der Waals surface area contributed by atoms with Crippen LogP contribution in [-0.4, -0.2) is 23.8 Å². The van der Waals surface area contributed by atoms with Crippen molar-refractivity contribution in [3.8, 4) is 0 Å². The fraction of sp³-hybridized carbons (Fsp3) is 0.357. The number of aliphatic hydroxyl groups excluding tert-OH is 1. The van der Waals surface area contributed by atoms with Crippen LogP contribution in [0.25, 0.3) is 0 Å². The molecule has 3 nitrogen and oxygen atoms in total. The zero-order valence-corrected chi connectivity index (χ0v) is 20.6. The van der Waals surface area contributed by atoms with E-state index >= 15 is 0 Å². The van der Waals surface area contributed by atoms with Gasteiger partial charge in [0.1, 0.15) is 12.0 Å². The Morgan fingerprint density at radius 1 is 0.879 bits per heavy atom. The van der Waals surface area contributed by atoms with E-state index in [1.165, 1.54) is 17.7 Å². The first-order valence-electron chi connectivity index (χ1n) is 11.6. The molecule has 2 fully saturated rings. The van der Waals surface area contributed by atoms with Gasteiger partial charge in [-0.2, -0.15) is 0 Å². The summed E-state index contributed by atoms with van der Waals surface area (Å²) in [5.74, 6) is -0.150. The molecule has 1 saturated heterocycles. The van der Waals surface area contributed by atoms with Crippen LogP contribution in [0.2, 0.25) is 0 Å². The third kappa shape index (κ3) is 4.41. The van der Waals surface area contributed by atoms with Gasteiger partial charge in [-0.15, -0.1) is 0 Å². The lowest BCUT2D eigenvalue weighted by molar-refractivity contribution is -0.00719. The van der Waals surface area contributed by atoms with Gasteiger partial charge in [0.05, 0.1) is 6.10 Å². The van der Waals surface area contributed by atoms with Crippen LogP contribution in [0.3, 0.4) is 0 Å². The molecule has 1 N–H and O–H groups in total. The van der Waals surface area contributed by atoms with E-state index in [2.05, 4.69) is 88.1 Å². The van der Waals surface area contributed by atoms with E-state index in [0.29, 0.717) is 0 Å². The first-order valence-corrected chi connectivity index (χ1v) is 12.4. The quantitative estimate of drug-likeness (QED) is 0.422. The van der Waals surface area contributed by atoms with Gasteiger partial charge in [-0.1, -0.05) is 60.1 Å². The van der Waals surface area contributed by atoms with Crippen molar-refractivity contribution in [3.63, 3.8) is 0 Å². The van der Waals surface area contributed by atoms with Crippen LogP contribution in [0, 0.1) is 17.2 Å². The molecule has 0 spiro atoms. The zero-order valence-electron chi connectivity index (χ0n) is 19.0. The Kier molecular flexibility index (Phi) is 5.96. The molecule has 172 valence electrons. The third-order valence-corrected chi connectivity index (χ3v) is 7.74. The van der Waals surface area contributed by atoms with E-state index in [9.17, 15) is 9.50 Å². The Morgan fingerprint density at radius 3 is 2.21 bits per heavy atom. The van der Waals surface area contributed by atoms with Crippen molar-refractivity contribution in [2.24, 2.45) is 11.3 Å². The van der Waals surface area contributed by atoms with Crippen LogP contribution in [0.15, 0.2) is 83.3 Å². The van der Waals surface area contributed by atoms with Gasteiger partial charge in [-0.05, 0) is 72.4 Å². The highest BCUT2D eigenvalue weighted by Crippen LogP contribution is 2.49. The number of nitrogens with zero attached hydrogens (tertiary/aromatic N) is 2. The molecule has 0 bridgehead atoms. The molecule has 1 heterocycles. The van der Waals surface area contributed by atoms with Gasteiger partial charge in [-0.25, -0.2) is 4.39 Å². The highest BCUT2D eigenvalue weighted by atomic mass is 79.9. The fourth-order valence-electron chi connectivity index (χ4n) is 5.77. The summed E-state index contributed by atoms with van der Waals surface area (Å²) in [5, 5.41) is 11.3. The summed E-state index contributed by atoms with van der Waals surface area (Å²) in [4.78, 5) is 4.82. The molecule has 4 atom stereocenters. The maximum absolute atomic E-state index is 13.8. The number of benzene rings is 3. The predicted octanol–water partition coefficient (Wildman–Crippen LogP) is 6.78. The lowest BCUT2D eigenvalue weighted by atomic mass is 9.66. The summed E-state index contributed by atoms with van der Waals surface area (Å²) in [7, 11) is 0. The Bertz CT molecular complexity index is 1090. The number of hydrogen-bond acceptors (Lipinski definition) is 3. The Labute approximate surface area is 204 Å². The maximum Gasteiger partial charge on any atom is 0.128 e. The lowest BCUT2D eigenvalue weighted by Crippen LogP contribution is -2.63. The SMILES string of the molecule is CC1(C)CC(O)C2CN(c3ccc(F)cc3)C(c3ccc(Br)cc3)N(c3ccccc3)C2C1. The molecule has 4 unspecified atom stereocenters. The summed E-state index contributed by atoms with van der Waals surface area (Å²) in [6.07, 6.45) is 1.33. The number of anilines is 2. The molecule has 3 aromatic carbocycles. The molecule has 3 aromatic rings. The summed E-state index contributed by atoms with van der Waals surface area (Å²) in [6.45, 7) is 5.24. The standard InChI is InChI=1S/C28H30BrFN2O/c1-28(2)16-25-24(26(33)17-28)18-31(22-14-12-21(30)13-15-22)27(19-8-10-20(29)11-9-19)32(25)23-6-4-3-5-7-23/h3-15,24-27,33H,16-18H2,1-2H3. The molecule has 0 amide bonds. The second-order valence-electron chi connectivity index (χ2n) is 10.2. The van der Waals surface area contributed by atoms with Crippen molar-refractivity contribution in [1.29, 1.82) is 0 Å². The third-order valence-electron chi connectivity index (χ3n) is 7.22. The molecule has 1 saturated carbocycles. The molecule has 5 rings (SSSR count). The average Bonchev–Trinajstić information content (AvgIpc) is 2.79. The van der Waals surface area contributed by atoms with Crippen LogP contribution in [-0.2, 0) is 0 Å². The smallest absolute Gasteiger partial charge is 0.128 e. The number of aliphatic hydroxyl groups is 1. The molecule has 1 aliphatic heterocycles. The number of fused-ring (bicyclic) bond motifs is 1. The van der Waals surface area contributed by atoms with Gasteiger partial charge in [0.25, 0.3) is 0 Å². The lowest BCUT2D eigenvalue weighted by Gasteiger charge is -2.59. The first kappa shape index (κ1) is 22.4. The van der Waals surface area contributed by atoms with Crippen molar-refractivity contribution < 1.29 is 9.50 Å². The van der Waals surface area contributed by atoms with Gasteiger partial charge in [0, 0.05) is 34.4 Å². The van der Waals surface area contributed by atoms with Crippen LogP contribution in [0.5, 0.6) is 0 Å². The van der Waals surface area contributed by atoms with Crippen molar-refractivity contribution in [3.05, 3.63) is 94.7 Å². The van der Waals surface area contributed by atoms with Gasteiger partial charge in [-0.3, -0.25) is 0 Å². The number of para-hydroxylation sites is 1. The van der Waals surface area contributed by atoms with Crippen LogP contribution in [0.4, 0.5) is 15.8 Å². The topological polar surface area (TPSA) is 26.7 Å². The normalized spacial score (nSPS) is 26.7. The van der Waals surface area contributed by atoms with Crippen LogP contribution >= 0.6 is 15.9 Å². The monoisotopic (exact) mass is 508 g/mol. The molecule has 1 aliphatic carbocycles. The molecule has 33 heavy (non-hydrogen) atoms. The van der Waals surface area contributed by atoms with Crippen LogP contribution < -0.4 is 9.80 Å². The Morgan fingerprint density at radius 2 is 1.55 bits per heavy atom. The highest BCUT2D eigenvalue weighted by Gasteiger charge is 2.50. The van der Waals surface area contributed by atoms with E-state index in [-0.39, 0.29) is 29.4 Å². The first-order chi connectivity index (χ1) is 15.8. The number of hydrogen-bond donors (Lipinski definition) is 1. The van der Waals surface area contributed by atoms with Gasteiger partial charge >= 0.3 is 0 Å². The van der Waals surface area contributed by atoms with Crippen molar-refractivity contribution in [2.45, 2.75) is 45.0 Å².